The van der Waals surface area contributed by atoms with Crippen molar-refractivity contribution in [1.29, 1.82) is 0 Å². The van der Waals surface area contributed by atoms with Crippen LogP contribution in [-0.4, -0.2) is 36.9 Å². The summed E-state index contributed by atoms with van der Waals surface area (Å²) >= 11 is 1.15. The van der Waals surface area contributed by atoms with Crippen LogP contribution in [-0.2, 0) is 4.79 Å². The highest BCUT2D eigenvalue weighted by atomic mass is 32.1. The number of anilines is 1. The van der Waals surface area contributed by atoms with Gasteiger partial charge in [-0.25, -0.2) is 4.79 Å². The molecular weight excluding hydrogens is 464 g/mol. The Kier molecular flexibility index (Phi) is 5.86. The molecule has 0 radical (unpaired) electrons. The molecule has 34 heavy (non-hydrogen) atoms. The van der Waals surface area contributed by atoms with Crippen LogP contribution in [0.5, 0.6) is 0 Å². The summed E-state index contributed by atoms with van der Waals surface area (Å²) in [6.07, 6.45) is 1.66. The Morgan fingerprint density at radius 3 is 2.59 bits per heavy atom. The van der Waals surface area contributed by atoms with Crippen molar-refractivity contribution >= 4 is 45.9 Å². The first-order valence-electron chi connectivity index (χ1n) is 9.90. The number of nitro groups is 1. The van der Waals surface area contributed by atoms with E-state index in [1.807, 2.05) is 6.92 Å². The van der Waals surface area contributed by atoms with E-state index in [2.05, 4.69) is 20.3 Å². The zero-order valence-corrected chi connectivity index (χ0v) is 18.4. The Balaban J connectivity index is 1.56. The van der Waals surface area contributed by atoms with Gasteiger partial charge in [0.1, 0.15) is 5.65 Å². The molecule has 0 saturated heterocycles. The number of nitrogen functional groups attached to an aromatic ring is 1. The number of hydrogen-bond acceptors (Lipinski definition) is 8. The number of nitrogens with two attached hydrogens (primary N) is 1. The second kappa shape index (κ2) is 8.78. The molecule has 2 unspecified atom stereocenters. The number of nitrogens with one attached hydrogen (secondary N) is 3. The predicted molar refractivity (Wildman–Crippen MR) is 124 cm³/mol. The van der Waals surface area contributed by atoms with Crippen LogP contribution in [0.4, 0.5) is 11.6 Å². The van der Waals surface area contributed by atoms with E-state index in [4.69, 9.17) is 5.73 Å². The summed E-state index contributed by atoms with van der Waals surface area (Å²) in [7, 11) is 0. The lowest BCUT2D eigenvalue weighted by atomic mass is 10.0. The Bertz CT molecular complexity index is 1470. The molecule has 4 aromatic rings. The number of nitrogens with zero attached hydrogens (tertiary/aromatic N) is 2. The minimum atomic E-state index is -1.39. The number of H-pyrrole nitrogens is 2. The number of benzene rings is 1. The maximum Gasteiger partial charge on any atom is 0.330 e. The standard InChI is InChI=1S/C21H18N6O6S/c1-9(12-8-23-17-15(12)19(29)26-21(22)25-17)13-6-7-14(34-13)18(28)24-16(20(30)31)10-2-4-11(5-3-10)27(32)33/h2-9,16H,1H3,(H,24,28)(H,30,31)(H4,22,23,25,26,29). The molecule has 0 spiro atoms. The first-order chi connectivity index (χ1) is 16.2. The number of rotatable bonds is 7. The number of fused-ring (bicyclic) bond motifs is 1. The lowest BCUT2D eigenvalue weighted by molar-refractivity contribution is -0.384. The highest BCUT2D eigenvalue weighted by Gasteiger charge is 2.25. The number of carbonyl (C=O) groups excluding carboxylic acids is 1. The second-order valence-electron chi connectivity index (χ2n) is 7.44. The van der Waals surface area contributed by atoms with Gasteiger partial charge in [-0.15, -0.1) is 11.3 Å². The molecule has 6 N–H and O–H groups in total. The fraction of sp³-hybridized carbons (Fsp3) is 0.143. The number of thiophene rings is 1. The molecule has 13 heteroatoms. The Labute approximate surface area is 194 Å². The molecule has 1 amide bonds. The van der Waals surface area contributed by atoms with Crippen molar-refractivity contribution in [2.75, 3.05) is 5.73 Å². The minimum Gasteiger partial charge on any atom is -0.479 e. The van der Waals surface area contributed by atoms with Gasteiger partial charge in [-0.2, -0.15) is 4.98 Å². The van der Waals surface area contributed by atoms with Crippen molar-refractivity contribution in [2.45, 2.75) is 18.9 Å². The monoisotopic (exact) mass is 482 g/mol. The second-order valence-corrected chi connectivity index (χ2v) is 8.55. The quantitative estimate of drug-likeness (QED) is 0.195. The highest BCUT2D eigenvalue weighted by Crippen LogP contribution is 2.33. The summed E-state index contributed by atoms with van der Waals surface area (Å²) in [5.74, 6) is -2.19. The molecule has 2 atom stereocenters. The van der Waals surface area contributed by atoms with Gasteiger partial charge in [-0.3, -0.25) is 24.7 Å². The van der Waals surface area contributed by atoms with Gasteiger partial charge in [-0.1, -0.05) is 6.92 Å². The van der Waals surface area contributed by atoms with Crippen molar-refractivity contribution in [1.82, 2.24) is 20.3 Å². The fourth-order valence-corrected chi connectivity index (χ4v) is 4.54. The average molecular weight is 482 g/mol. The van der Waals surface area contributed by atoms with E-state index in [-0.39, 0.29) is 33.6 Å². The molecule has 0 aliphatic heterocycles. The van der Waals surface area contributed by atoms with E-state index < -0.39 is 22.8 Å². The fourth-order valence-electron chi connectivity index (χ4n) is 3.56. The van der Waals surface area contributed by atoms with Crippen molar-refractivity contribution in [2.24, 2.45) is 0 Å². The Morgan fingerprint density at radius 2 is 1.94 bits per heavy atom. The van der Waals surface area contributed by atoms with Gasteiger partial charge in [0.2, 0.25) is 5.95 Å². The molecule has 3 aromatic heterocycles. The van der Waals surface area contributed by atoms with Crippen molar-refractivity contribution < 1.29 is 19.6 Å². The van der Waals surface area contributed by atoms with Crippen LogP contribution in [0.15, 0.2) is 47.4 Å². The van der Waals surface area contributed by atoms with E-state index in [0.29, 0.717) is 16.6 Å². The maximum absolute atomic E-state index is 12.8. The van der Waals surface area contributed by atoms with Gasteiger partial charge in [0.05, 0.1) is 15.2 Å². The average Bonchev–Trinajstić information content (AvgIpc) is 3.44. The third kappa shape index (κ3) is 4.23. The summed E-state index contributed by atoms with van der Waals surface area (Å²) < 4.78 is 0. The number of carboxylic acids is 1. The maximum atomic E-state index is 12.8. The molecule has 0 aliphatic carbocycles. The first kappa shape index (κ1) is 22.7. The van der Waals surface area contributed by atoms with Gasteiger partial charge in [0.25, 0.3) is 17.2 Å². The molecule has 0 fully saturated rings. The van der Waals surface area contributed by atoms with Crippen LogP contribution >= 0.6 is 11.3 Å². The molecule has 4 rings (SSSR count). The third-order valence-electron chi connectivity index (χ3n) is 5.29. The number of aliphatic carboxylic acids is 1. The molecular formula is C21H18N6O6S. The van der Waals surface area contributed by atoms with Crippen molar-refractivity contribution in [3.05, 3.63) is 83.9 Å². The van der Waals surface area contributed by atoms with Gasteiger partial charge < -0.3 is 21.1 Å². The zero-order valence-electron chi connectivity index (χ0n) is 17.6. The van der Waals surface area contributed by atoms with Crippen molar-refractivity contribution in [3.8, 4) is 0 Å². The van der Waals surface area contributed by atoms with Crippen LogP contribution in [0.2, 0.25) is 0 Å². The minimum absolute atomic E-state index is 0.00496. The number of aromatic amines is 2. The summed E-state index contributed by atoms with van der Waals surface area (Å²) in [6, 6.07) is 6.82. The van der Waals surface area contributed by atoms with Crippen LogP contribution in [0.3, 0.4) is 0 Å². The largest absolute Gasteiger partial charge is 0.479 e. The van der Waals surface area contributed by atoms with Gasteiger partial charge in [0.15, 0.2) is 6.04 Å². The van der Waals surface area contributed by atoms with Crippen LogP contribution in [0, 0.1) is 10.1 Å². The topological polar surface area (TPSA) is 197 Å². The summed E-state index contributed by atoms with van der Waals surface area (Å²) in [5.41, 5.74) is 6.23. The molecule has 174 valence electrons. The molecule has 1 aromatic carbocycles. The Hall–Kier alpha value is -4.52. The predicted octanol–water partition coefficient (Wildman–Crippen LogP) is 2.51. The van der Waals surface area contributed by atoms with E-state index in [1.54, 1.807) is 18.3 Å². The summed E-state index contributed by atoms with van der Waals surface area (Å²) in [4.78, 5) is 57.6. The SMILES string of the molecule is CC(c1ccc(C(=O)NC(C(=O)O)c2ccc([N+](=O)[O-])cc2)s1)c1c[nH]c2nc(N)[nH]c(=O)c12. The lowest BCUT2D eigenvalue weighted by Crippen LogP contribution is -2.33. The molecule has 0 saturated carbocycles. The van der Waals surface area contributed by atoms with E-state index in [9.17, 15) is 29.6 Å². The number of amides is 1. The zero-order chi connectivity index (χ0) is 24.6. The Morgan fingerprint density at radius 1 is 1.24 bits per heavy atom. The van der Waals surface area contributed by atoms with Gasteiger partial charge in [-0.05, 0) is 35.4 Å². The normalized spacial score (nSPS) is 12.9. The summed E-state index contributed by atoms with van der Waals surface area (Å²) in [5, 5.41) is 23.2. The van der Waals surface area contributed by atoms with E-state index in [0.717, 1.165) is 16.2 Å². The number of non-ortho nitro benzene ring substituents is 1. The molecule has 12 nitrogen and oxygen atoms in total. The van der Waals surface area contributed by atoms with Gasteiger partial charge >= 0.3 is 5.97 Å². The summed E-state index contributed by atoms with van der Waals surface area (Å²) in [6.45, 7) is 1.86. The van der Waals surface area contributed by atoms with Crippen molar-refractivity contribution in [3.63, 3.8) is 0 Å². The lowest BCUT2D eigenvalue weighted by Gasteiger charge is -2.14. The highest BCUT2D eigenvalue weighted by molar-refractivity contribution is 7.14. The number of nitro benzene ring substituents is 1. The molecule has 0 bridgehead atoms. The van der Waals surface area contributed by atoms with Crippen LogP contribution < -0.4 is 16.6 Å². The first-order valence-corrected chi connectivity index (χ1v) is 10.7. The molecule has 3 heterocycles. The van der Waals surface area contributed by atoms with E-state index >= 15 is 0 Å². The number of carbonyl (C=O) groups is 2. The van der Waals surface area contributed by atoms with E-state index in [1.165, 1.54) is 24.3 Å². The number of carboxylic acid groups (broad SMARTS) is 1. The smallest absolute Gasteiger partial charge is 0.330 e. The molecule has 0 aliphatic rings. The number of aromatic nitrogens is 3. The van der Waals surface area contributed by atoms with Crippen LogP contribution in [0.25, 0.3) is 11.0 Å². The third-order valence-corrected chi connectivity index (χ3v) is 6.56. The van der Waals surface area contributed by atoms with Crippen LogP contribution in [0.1, 0.15) is 44.6 Å². The van der Waals surface area contributed by atoms with Gasteiger partial charge in [0, 0.05) is 29.1 Å². The number of hydrogen-bond donors (Lipinski definition) is 5.